The molecule has 0 spiro atoms. The quantitative estimate of drug-likeness (QED) is 0.724. The Bertz CT molecular complexity index is 936. The van der Waals surface area contributed by atoms with E-state index in [4.69, 9.17) is 4.74 Å². The summed E-state index contributed by atoms with van der Waals surface area (Å²) >= 11 is 1.48. The van der Waals surface area contributed by atoms with Crippen LogP contribution in [0.1, 0.15) is 21.8 Å². The predicted molar refractivity (Wildman–Crippen MR) is 98.3 cm³/mol. The van der Waals surface area contributed by atoms with Crippen LogP contribution in [0.3, 0.4) is 0 Å². The number of hydrogen-bond donors (Lipinski definition) is 1. The minimum absolute atomic E-state index is 0.0763. The van der Waals surface area contributed by atoms with Crippen molar-refractivity contribution in [3.05, 3.63) is 70.9 Å². The van der Waals surface area contributed by atoms with E-state index in [0.29, 0.717) is 17.7 Å². The van der Waals surface area contributed by atoms with Gasteiger partial charge in [-0.05, 0) is 23.3 Å². The zero-order valence-corrected chi connectivity index (χ0v) is 14.4. The molecule has 1 unspecified atom stereocenters. The summed E-state index contributed by atoms with van der Waals surface area (Å²) in [7, 11) is 1.43. The van der Waals surface area contributed by atoms with Gasteiger partial charge in [0.2, 0.25) is 0 Å². The maximum atomic E-state index is 14.1. The SMILES string of the molecule is COc1ccc(-c2csc3c2C(=O)C(c2ccccc2)CN3)cc1F. The van der Waals surface area contributed by atoms with E-state index in [9.17, 15) is 9.18 Å². The predicted octanol–water partition coefficient (Wildman–Crippen LogP) is 4.95. The second-order valence-corrected chi connectivity index (χ2v) is 6.79. The maximum Gasteiger partial charge on any atom is 0.175 e. The van der Waals surface area contributed by atoms with Crippen LogP contribution in [0.5, 0.6) is 5.75 Å². The summed E-state index contributed by atoms with van der Waals surface area (Å²) in [6, 6.07) is 14.5. The Labute approximate surface area is 149 Å². The third kappa shape index (κ3) is 2.70. The van der Waals surface area contributed by atoms with E-state index < -0.39 is 5.82 Å². The minimum atomic E-state index is -0.434. The van der Waals surface area contributed by atoms with E-state index in [1.165, 1.54) is 24.5 Å². The Balaban J connectivity index is 1.76. The summed E-state index contributed by atoms with van der Waals surface area (Å²) in [5.74, 6) is -0.396. The molecular weight excluding hydrogens is 337 g/mol. The normalized spacial score (nSPS) is 16.2. The highest BCUT2D eigenvalue weighted by molar-refractivity contribution is 7.15. The monoisotopic (exact) mass is 353 g/mol. The molecule has 2 heterocycles. The molecule has 2 aromatic carbocycles. The van der Waals surface area contributed by atoms with Gasteiger partial charge >= 0.3 is 0 Å². The molecule has 0 aliphatic carbocycles. The summed E-state index contributed by atoms with van der Waals surface area (Å²) in [5, 5.41) is 6.11. The van der Waals surface area contributed by atoms with Crippen LogP contribution in [0.4, 0.5) is 9.39 Å². The summed E-state index contributed by atoms with van der Waals surface area (Å²) in [5.41, 5.74) is 3.08. The molecule has 1 aromatic heterocycles. The number of thiophene rings is 1. The van der Waals surface area contributed by atoms with Crippen LogP contribution in [0.15, 0.2) is 53.9 Å². The highest BCUT2D eigenvalue weighted by atomic mass is 32.1. The van der Waals surface area contributed by atoms with Crippen molar-refractivity contribution in [1.29, 1.82) is 0 Å². The van der Waals surface area contributed by atoms with Crippen LogP contribution in [0.25, 0.3) is 11.1 Å². The smallest absolute Gasteiger partial charge is 0.175 e. The first-order valence-electron chi connectivity index (χ1n) is 7.97. The molecule has 1 aliphatic heterocycles. The van der Waals surface area contributed by atoms with Crippen molar-refractivity contribution < 1.29 is 13.9 Å². The highest BCUT2D eigenvalue weighted by Gasteiger charge is 2.32. The number of benzene rings is 2. The number of fused-ring (bicyclic) bond motifs is 1. The zero-order valence-electron chi connectivity index (χ0n) is 13.6. The van der Waals surface area contributed by atoms with Crippen molar-refractivity contribution in [2.75, 3.05) is 19.0 Å². The van der Waals surface area contributed by atoms with Gasteiger partial charge in [0.15, 0.2) is 17.3 Å². The van der Waals surface area contributed by atoms with Crippen LogP contribution in [-0.4, -0.2) is 19.4 Å². The van der Waals surface area contributed by atoms with Crippen LogP contribution >= 0.6 is 11.3 Å². The van der Waals surface area contributed by atoms with E-state index >= 15 is 0 Å². The summed E-state index contributed by atoms with van der Waals surface area (Å²) in [4.78, 5) is 13.1. The largest absolute Gasteiger partial charge is 0.494 e. The minimum Gasteiger partial charge on any atom is -0.494 e. The number of ketones is 1. The first kappa shape index (κ1) is 15.8. The van der Waals surface area contributed by atoms with Gasteiger partial charge in [0.05, 0.1) is 23.6 Å². The number of nitrogens with one attached hydrogen (secondary N) is 1. The Kier molecular flexibility index (Phi) is 4.01. The van der Waals surface area contributed by atoms with Gasteiger partial charge in [-0.3, -0.25) is 4.79 Å². The van der Waals surface area contributed by atoms with E-state index in [-0.39, 0.29) is 17.5 Å². The van der Waals surface area contributed by atoms with Gasteiger partial charge < -0.3 is 10.1 Å². The van der Waals surface area contributed by atoms with Crippen molar-refractivity contribution in [1.82, 2.24) is 0 Å². The first-order chi connectivity index (χ1) is 12.2. The summed E-state index contributed by atoms with van der Waals surface area (Å²) in [6.07, 6.45) is 0. The number of carbonyl (C=O) groups excluding carboxylic acids is 1. The lowest BCUT2D eigenvalue weighted by atomic mass is 9.86. The molecule has 5 heteroatoms. The molecule has 1 atom stereocenters. The average molecular weight is 353 g/mol. The lowest BCUT2D eigenvalue weighted by Gasteiger charge is -2.24. The van der Waals surface area contributed by atoms with Gasteiger partial charge in [0, 0.05) is 17.5 Å². The molecule has 25 heavy (non-hydrogen) atoms. The van der Waals surface area contributed by atoms with Gasteiger partial charge in [0.1, 0.15) is 0 Å². The fourth-order valence-electron chi connectivity index (χ4n) is 3.20. The molecule has 3 nitrogen and oxygen atoms in total. The Morgan fingerprint density at radius 3 is 2.72 bits per heavy atom. The van der Waals surface area contributed by atoms with E-state index in [2.05, 4.69) is 5.32 Å². The highest BCUT2D eigenvalue weighted by Crippen LogP contribution is 2.42. The number of anilines is 1. The molecule has 0 bridgehead atoms. The number of methoxy groups -OCH3 is 1. The molecule has 1 aliphatic rings. The molecule has 1 N–H and O–H groups in total. The molecule has 0 saturated heterocycles. The molecule has 0 amide bonds. The fraction of sp³-hybridized carbons (Fsp3) is 0.150. The lowest BCUT2D eigenvalue weighted by molar-refractivity contribution is 0.0961. The van der Waals surface area contributed by atoms with Gasteiger partial charge in [-0.15, -0.1) is 11.3 Å². The van der Waals surface area contributed by atoms with E-state index in [0.717, 1.165) is 16.1 Å². The van der Waals surface area contributed by atoms with Crippen LogP contribution in [0, 0.1) is 5.82 Å². The Morgan fingerprint density at radius 2 is 2.00 bits per heavy atom. The van der Waals surface area contributed by atoms with E-state index in [1.54, 1.807) is 12.1 Å². The van der Waals surface area contributed by atoms with Crippen LogP contribution in [-0.2, 0) is 0 Å². The van der Waals surface area contributed by atoms with Crippen molar-refractivity contribution in [3.63, 3.8) is 0 Å². The Morgan fingerprint density at radius 1 is 1.20 bits per heavy atom. The Hall–Kier alpha value is -2.66. The van der Waals surface area contributed by atoms with Crippen molar-refractivity contribution in [2.45, 2.75) is 5.92 Å². The molecule has 0 saturated carbocycles. The second kappa shape index (κ2) is 6.33. The van der Waals surface area contributed by atoms with Crippen molar-refractivity contribution in [3.8, 4) is 16.9 Å². The second-order valence-electron chi connectivity index (χ2n) is 5.91. The third-order valence-corrected chi connectivity index (χ3v) is 5.42. The number of ether oxygens (including phenoxy) is 1. The van der Waals surface area contributed by atoms with Crippen molar-refractivity contribution in [2.24, 2.45) is 0 Å². The standard InChI is InChI=1S/C20H16FNO2S/c1-24-17-8-7-13(9-16(17)21)15-11-25-20-18(15)19(23)14(10-22-20)12-5-3-2-4-6-12/h2-9,11,14,22H,10H2,1H3. The van der Waals surface area contributed by atoms with Gasteiger partial charge in [-0.25, -0.2) is 4.39 Å². The number of halogens is 1. The third-order valence-electron chi connectivity index (χ3n) is 4.49. The molecule has 0 fully saturated rings. The zero-order chi connectivity index (χ0) is 17.4. The number of hydrogen-bond acceptors (Lipinski definition) is 4. The first-order valence-corrected chi connectivity index (χ1v) is 8.85. The number of Topliss-reactive ketones (excluding diaryl/α,β-unsaturated/α-hetero) is 1. The average Bonchev–Trinajstić information content (AvgIpc) is 3.08. The van der Waals surface area contributed by atoms with Gasteiger partial charge in [0.25, 0.3) is 0 Å². The molecule has 0 radical (unpaired) electrons. The molecular formula is C20H16FNO2S. The van der Waals surface area contributed by atoms with Gasteiger partial charge in [-0.1, -0.05) is 36.4 Å². The molecule has 3 aromatic rings. The number of carbonyl (C=O) groups is 1. The topological polar surface area (TPSA) is 38.3 Å². The van der Waals surface area contributed by atoms with Crippen molar-refractivity contribution >= 4 is 22.1 Å². The van der Waals surface area contributed by atoms with Crippen LogP contribution < -0.4 is 10.1 Å². The van der Waals surface area contributed by atoms with E-state index in [1.807, 2.05) is 35.7 Å². The van der Waals surface area contributed by atoms with Crippen LogP contribution in [0.2, 0.25) is 0 Å². The summed E-state index contributed by atoms with van der Waals surface area (Å²) in [6.45, 7) is 0.576. The number of rotatable bonds is 3. The fourth-order valence-corrected chi connectivity index (χ4v) is 4.18. The summed E-state index contributed by atoms with van der Waals surface area (Å²) < 4.78 is 19.1. The van der Waals surface area contributed by atoms with Gasteiger partial charge in [-0.2, -0.15) is 0 Å². The molecule has 4 rings (SSSR count). The lowest BCUT2D eigenvalue weighted by Crippen LogP contribution is -2.27. The maximum absolute atomic E-state index is 14.1. The molecule has 126 valence electrons.